The number of benzene rings is 3. The first-order chi connectivity index (χ1) is 18.5. The van der Waals surface area contributed by atoms with Gasteiger partial charge in [-0.1, -0.05) is 23.7 Å². The van der Waals surface area contributed by atoms with Crippen molar-refractivity contribution in [3.63, 3.8) is 0 Å². The van der Waals surface area contributed by atoms with Crippen molar-refractivity contribution >= 4 is 43.2 Å². The highest BCUT2D eigenvalue weighted by Gasteiger charge is 2.27. The molecule has 3 aromatic carbocycles. The highest BCUT2D eigenvalue weighted by atomic mass is 35.5. The van der Waals surface area contributed by atoms with E-state index < -0.39 is 26.0 Å². The Morgan fingerprint density at radius 3 is 2.33 bits per heavy atom. The SMILES string of the molecule is Cc1ccc(C)c(NS(=O)(=O)c2cc(C(=O)NCCOc3ccc(S(=O)(=O)N4CCCC4)cc3)ccc2Cl)c1. The predicted molar refractivity (Wildman–Crippen MR) is 150 cm³/mol. The highest BCUT2D eigenvalue weighted by molar-refractivity contribution is 7.92. The van der Waals surface area contributed by atoms with Crippen LogP contribution in [0.3, 0.4) is 0 Å². The fourth-order valence-corrected chi connectivity index (χ4v) is 7.28. The molecule has 0 radical (unpaired) electrons. The lowest BCUT2D eigenvalue weighted by molar-refractivity contribution is 0.0946. The zero-order chi connectivity index (χ0) is 28.2. The number of aryl methyl sites for hydroxylation is 2. The molecule has 3 aromatic rings. The summed E-state index contributed by atoms with van der Waals surface area (Å²) >= 11 is 6.18. The third kappa shape index (κ3) is 6.91. The number of rotatable bonds is 10. The molecule has 12 heteroatoms. The summed E-state index contributed by atoms with van der Waals surface area (Å²) in [6.45, 7) is 4.97. The average Bonchev–Trinajstić information content (AvgIpc) is 3.45. The Hall–Kier alpha value is -3.12. The Labute approximate surface area is 234 Å². The van der Waals surface area contributed by atoms with Crippen LogP contribution in [0.5, 0.6) is 5.75 Å². The van der Waals surface area contributed by atoms with Crippen LogP contribution in [0.15, 0.2) is 70.5 Å². The van der Waals surface area contributed by atoms with Gasteiger partial charge in [0.15, 0.2) is 0 Å². The number of carbonyl (C=O) groups excluding carboxylic acids is 1. The molecule has 1 saturated heterocycles. The van der Waals surface area contributed by atoms with E-state index in [1.165, 1.54) is 34.6 Å². The number of anilines is 1. The zero-order valence-electron chi connectivity index (χ0n) is 21.6. The van der Waals surface area contributed by atoms with Crippen LogP contribution in [-0.2, 0) is 20.0 Å². The van der Waals surface area contributed by atoms with Crippen LogP contribution in [0.1, 0.15) is 34.3 Å². The smallest absolute Gasteiger partial charge is 0.263 e. The van der Waals surface area contributed by atoms with Crippen LogP contribution < -0.4 is 14.8 Å². The number of nitrogens with one attached hydrogen (secondary N) is 2. The van der Waals surface area contributed by atoms with Crippen molar-refractivity contribution in [1.82, 2.24) is 9.62 Å². The van der Waals surface area contributed by atoms with Crippen LogP contribution in [0.25, 0.3) is 0 Å². The normalized spacial score (nSPS) is 14.2. The van der Waals surface area contributed by atoms with Crippen LogP contribution in [-0.4, -0.2) is 53.3 Å². The second kappa shape index (κ2) is 12.0. The van der Waals surface area contributed by atoms with Crippen molar-refractivity contribution < 1.29 is 26.4 Å². The molecule has 4 rings (SSSR count). The minimum atomic E-state index is -4.05. The third-order valence-corrected chi connectivity index (χ3v) is 10.1. The van der Waals surface area contributed by atoms with Crippen molar-refractivity contribution in [2.75, 3.05) is 31.0 Å². The molecule has 1 fully saturated rings. The van der Waals surface area contributed by atoms with Crippen LogP contribution >= 0.6 is 11.6 Å². The number of carbonyl (C=O) groups is 1. The molecule has 1 aliphatic rings. The second-order valence-electron chi connectivity index (χ2n) is 9.26. The summed E-state index contributed by atoms with van der Waals surface area (Å²) in [5.74, 6) is -0.0347. The summed E-state index contributed by atoms with van der Waals surface area (Å²) in [5.41, 5.74) is 2.19. The van der Waals surface area contributed by atoms with Crippen molar-refractivity contribution in [3.05, 3.63) is 82.4 Å². The zero-order valence-corrected chi connectivity index (χ0v) is 24.0. The standard InChI is InChI=1S/C27H30ClN3O6S2/c1-19-5-6-20(2)25(17-19)30-38(33,34)26-18-21(7-12-24(26)28)27(32)29-13-16-37-22-8-10-23(11-9-22)39(35,36)31-14-3-4-15-31/h5-12,17-18,30H,3-4,13-16H2,1-2H3,(H,29,32). The van der Waals surface area contributed by atoms with Gasteiger partial charge in [-0.05, 0) is 86.3 Å². The van der Waals surface area contributed by atoms with Crippen molar-refractivity contribution in [3.8, 4) is 5.75 Å². The molecule has 1 heterocycles. The van der Waals surface area contributed by atoms with Gasteiger partial charge in [0.2, 0.25) is 10.0 Å². The van der Waals surface area contributed by atoms with Gasteiger partial charge in [-0.3, -0.25) is 9.52 Å². The maximum absolute atomic E-state index is 13.1. The quantitative estimate of drug-likeness (QED) is 0.338. The fraction of sp³-hybridized carbons (Fsp3) is 0.296. The lowest BCUT2D eigenvalue weighted by Crippen LogP contribution is -2.28. The molecule has 0 aromatic heterocycles. The van der Waals surface area contributed by atoms with E-state index in [1.807, 2.05) is 19.1 Å². The van der Waals surface area contributed by atoms with Gasteiger partial charge < -0.3 is 10.1 Å². The molecule has 2 N–H and O–H groups in total. The Balaban J connectivity index is 1.34. The summed E-state index contributed by atoms with van der Waals surface area (Å²) in [5, 5.41) is 2.67. The first-order valence-corrected chi connectivity index (χ1v) is 15.7. The molecule has 0 unspecified atom stereocenters. The van der Waals surface area contributed by atoms with Gasteiger partial charge >= 0.3 is 0 Å². The molecule has 0 saturated carbocycles. The predicted octanol–water partition coefficient (Wildman–Crippen LogP) is 4.35. The van der Waals surface area contributed by atoms with E-state index in [1.54, 1.807) is 25.1 Å². The van der Waals surface area contributed by atoms with E-state index in [-0.39, 0.29) is 33.5 Å². The van der Waals surface area contributed by atoms with Crippen molar-refractivity contribution in [1.29, 1.82) is 0 Å². The second-order valence-corrected chi connectivity index (χ2v) is 13.3. The van der Waals surface area contributed by atoms with Gasteiger partial charge in [-0.2, -0.15) is 4.31 Å². The molecule has 208 valence electrons. The number of hydrogen-bond acceptors (Lipinski definition) is 6. The molecule has 1 aliphatic heterocycles. The van der Waals surface area contributed by atoms with E-state index >= 15 is 0 Å². The van der Waals surface area contributed by atoms with Gasteiger partial charge in [0, 0.05) is 18.7 Å². The molecular formula is C27H30ClN3O6S2. The minimum absolute atomic E-state index is 0.0112. The summed E-state index contributed by atoms with van der Waals surface area (Å²) in [6.07, 6.45) is 1.73. The first kappa shape index (κ1) is 28.9. The van der Waals surface area contributed by atoms with E-state index in [4.69, 9.17) is 16.3 Å². The maximum Gasteiger partial charge on any atom is 0.263 e. The highest BCUT2D eigenvalue weighted by Crippen LogP contribution is 2.27. The molecule has 0 atom stereocenters. The Morgan fingerprint density at radius 2 is 1.64 bits per heavy atom. The third-order valence-electron chi connectivity index (χ3n) is 6.30. The fourth-order valence-electron chi connectivity index (χ4n) is 4.12. The minimum Gasteiger partial charge on any atom is -0.492 e. The van der Waals surface area contributed by atoms with Gasteiger partial charge in [0.05, 0.1) is 22.2 Å². The van der Waals surface area contributed by atoms with Gasteiger partial charge in [0.1, 0.15) is 17.3 Å². The first-order valence-electron chi connectivity index (χ1n) is 12.4. The van der Waals surface area contributed by atoms with Crippen LogP contribution in [0.2, 0.25) is 5.02 Å². The molecule has 39 heavy (non-hydrogen) atoms. The number of nitrogens with zero attached hydrogens (tertiary/aromatic N) is 1. The lowest BCUT2D eigenvalue weighted by atomic mass is 10.1. The summed E-state index contributed by atoms with van der Waals surface area (Å²) in [7, 11) is -7.55. The summed E-state index contributed by atoms with van der Waals surface area (Å²) in [6, 6.07) is 15.6. The van der Waals surface area contributed by atoms with E-state index in [0.717, 1.165) is 24.0 Å². The Kier molecular flexibility index (Phi) is 8.85. The number of hydrogen-bond donors (Lipinski definition) is 2. The van der Waals surface area contributed by atoms with Gasteiger partial charge in [-0.15, -0.1) is 0 Å². The number of sulfonamides is 2. The molecule has 0 spiro atoms. The Morgan fingerprint density at radius 1 is 0.949 bits per heavy atom. The lowest BCUT2D eigenvalue weighted by Gasteiger charge is -2.15. The van der Waals surface area contributed by atoms with Gasteiger partial charge in [0.25, 0.3) is 15.9 Å². The largest absolute Gasteiger partial charge is 0.492 e. The van der Waals surface area contributed by atoms with Crippen LogP contribution in [0.4, 0.5) is 5.69 Å². The Bertz CT molecular complexity index is 1570. The van der Waals surface area contributed by atoms with Crippen LogP contribution in [0, 0.1) is 13.8 Å². The number of halogens is 1. The van der Waals surface area contributed by atoms with E-state index in [9.17, 15) is 21.6 Å². The number of ether oxygens (including phenoxy) is 1. The number of amides is 1. The maximum atomic E-state index is 13.1. The van der Waals surface area contributed by atoms with Crippen molar-refractivity contribution in [2.24, 2.45) is 0 Å². The summed E-state index contributed by atoms with van der Waals surface area (Å²) < 4.78 is 61.0. The monoisotopic (exact) mass is 591 g/mol. The molecule has 0 bridgehead atoms. The van der Waals surface area contributed by atoms with Crippen molar-refractivity contribution in [2.45, 2.75) is 36.5 Å². The average molecular weight is 592 g/mol. The molecular weight excluding hydrogens is 562 g/mol. The molecule has 9 nitrogen and oxygen atoms in total. The van der Waals surface area contributed by atoms with E-state index in [0.29, 0.717) is 24.5 Å². The summed E-state index contributed by atoms with van der Waals surface area (Å²) in [4.78, 5) is 12.7. The van der Waals surface area contributed by atoms with Gasteiger partial charge in [-0.25, -0.2) is 16.8 Å². The molecule has 0 aliphatic carbocycles. The topological polar surface area (TPSA) is 122 Å². The molecule has 1 amide bonds. The van der Waals surface area contributed by atoms with E-state index in [2.05, 4.69) is 10.0 Å².